The van der Waals surface area contributed by atoms with Crippen molar-refractivity contribution in [1.29, 1.82) is 0 Å². The highest BCUT2D eigenvalue weighted by Gasteiger charge is 2.55. The van der Waals surface area contributed by atoms with Crippen LogP contribution in [-0.2, 0) is 19.1 Å². The zero-order chi connectivity index (χ0) is 26.6. The summed E-state index contributed by atoms with van der Waals surface area (Å²) < 4.78 is 33.0. The summed E-state index contributed by atoms with van der Waals surface area (Å²) in [4.78, 5) is 41.4. The highest BCUT2D eigenvalue weighted by atomic mass is 19.3. The van der Waals surface area contributed by atoms with Crippen LogP contribution in [0.15, 0.2) is 60.7 Å². The molecule has 2 unspecified atom stereocenters. The van der Waals surface area contributed by atoms with Gasteiger partial charge in [-0.25, -0.2) is 4.79 Å². The van der Waals surface area contributed by atoms with Gasteiger partial charge >= 0.3 is 11.9 Å². The predicted molar refractivity (Wildman–Crippen MR) is 132 cm³/mol. The third-order valence-electron chi connectivity index (χ3n) is 7.42. The maximum absolute atomic E-state index is 14.4. The predicted octanol–water partition coefficient (Wildman–Crippen LogP) is 3.36. The van der Waals surface area contributed by atoms with Crippen LogP contribution in [0.3, 0.4) is 0 Å². The van der Waals surface area contributed by atoms with E-state index in [1.807, 2.05) is 60.7 Å². The highest BCUT2D eigenvalue weighted by molar-refractivity contribution is 5.89. The minimum Gasteiger partial charge on any atom is -0.465 e. The van der Waals surface area contributed by atoms with Gasteiger partial charge in [-0.2, -0.15) is 8.78 Å². The third-order valence-corrected chi connectivity index (χ3v) is 7.42. The molecule has 2 aliphatic rings. The second-order valence-electron chi connectivity index (χ2n) is 9.62. The second kappa shape index (κ2) is 11.4. The molecule has 0 saturated carbocycles. The van der Waals surface area contributed by atoms with Crippen molar-refractivity contribution in [2.75, 3.05) is 20.2 Å². The molecule has 0 radical (unpaired) electrons. The van der Waals surface area contributed by atoms with Crippen molar-refractivity contribution in [3.63, 3.8) is 0 Å². The van der Waals surface area contributed by atoms with Gasteiger partial charge in [0.25, 0.3) is 0 Å². The molecule has 4 rings (SSSR count). The Kier molecular flexibility index (Phi) is 8.22. The van der Waals surface area contributed by atoms with Crippen molar-refractivity contribution < 1.29 is 33.0 Å². The van der Waals surface area contributed by atoms with Crippen LogP contribution in [0, 0.1) is 0 Å². The lowest BCUT2D eigenvalue weighted by Gasteiger charge is -2.35. The fraction of sp³-hybridized carbons (Fsp3) is 0.464. The second-order valence-corrected chi connectivity index (χ2v) is 9.62. The van der Waals surface area contributed by atoms with Crippen molar-refractivity contribution in [3.05, 3.63) is 71.8 Å². The van der Waals surface area contributed by atoms with Crippen molar-refractivity contribution in [2.45, 2.75) is 62.1 Å². The van der Waals surface area contributed by atoms with Gasteiger partial charge in [0.15, 0.2) is 0 Å². The van der Waals surface area contributed by atoms with Gasteiger partial charge < -0.3 is 19.6 Å². The molecule has 198 valence electrons. The van der Waals surface area contributed by atoms with E-state index in [0.717, 1.165) is 18.2 Å². The summed E-state index contributed by atoms with van der Waals surface area (Å²) in [5.74, 6) is -6.85. The average molecular weight is 515 g/mol. The Bertz CT molecular complexity index is 1060. The summed E-state index contributed by atoms with van der Waals surface area (Å²) in [5, 5.41) is 10.4. The standard InChI is InChI=1S/C28H32F2N2O5/c1-37-27(36)28(29,30)25(34)22-14-8-17-32(22)26(35)23-15-9-16-31(23)24(33)18-21(19-10-4-2-5-11-19)20-12-6-3-7-13-20/h2-7,10-13,21-23,25,34H,8-9,14-18H2,1H3/t22?,23-,25?/m1/s1. The molecule has 0 aromatic heterocycles. The number of methoxy groups -OCH3 is 1. The van der Waals surface area contributed by atoms with Gasteiger partial charge in [0.1, 0.15) is 12.1 Å². The van der Waals surface area contributed by atoms with Crippen molar-refractivity contribution in [3.8, 4) is 0 Å². The first-order valence-electron chi connectivity index (χ1n) is 12.6. The summed E-state index contributed by atoms with van der Waals surface area (Å²) in [6, 6.07) is 17.3. The monoisotopic (exact) mass is 514 g/mol. The van der Waals surface area contributed by atoms with Crippen LogP contribution in [-0.4, -0.2) is 77.0 Å². The first kappa shape index (κ1) is 26.7. The van der Waals surface area contributed by atoms with Crippen LogP contribution in [0.4, 0.5) is 8.78 Å². The number of ether oxygens (including phenoxy) is 1. The average Bonchev–Trinajstić information content (AvgIpc) is 3.61. The van der Waals surface area contributed by atoms with E-state index in [4.69, 9.17) is 0 Å². The minimum atomic E-state index is -4.15. The summed E-state index contributed by atoms with van der Waals surface area (Å²) in [6.07, 6.45) is -0.664. The number of benzene rings is 2. The molecule has 0 bridgehead atoms. The molecule has 2 amide bonds. The number of amides is 2. The van der Waals surface area contributed by atoms with Gasteiger partial charge in [-0.15, -0.1) is 0 Å². The molecular formula is C28H32F2N2O5. The normalized spacial score (nSPS) is 20.8. The molecule has 2 aliphatic heterocycles. The van der Waals surface area contributed by atoms with Crippen LogP contribution >= 0.6 is 0 Å². The molecule has 7 nitrogen and oxygen atoms in total. The molecule has 37 heavy (non-hydrogen) atoms. The lowest BCUT2D eigenvalue weighted by molar-refractivity contribution is -0.192. The molecule has 0 spiro atoms. The van der Waals surface area contributed by atoms with E-state index in [-0.39, 0.29) is 31.2 Å². The number of nitrogens with zero attached hydrogens (tertiary/aromatic N) is 2. The third kappa shape index (κ3) is 5.51. The number of halogens is 2. The number of hydrogen-bond acceptors (Lipinski definition) is 5. The minimum absolute atomic E-state index is 0.129. The van der Waals surface area contributed by atoms with E-state index in [9.17, 15) is 28.3 Å². The first-order valence-corrected chi connectivity index (χ1v) is 12.6. The van der Waals surface area contributed by atoms with Crippen LogP contribution in [0.25, 0.3) is 0 Å². The van der Waals surface area contributed by atoms with Gasteiger partial charge in [-0.05, 0) is 36.8 Å². The fourth-order valence-electron chi connectivity index (χ4n) is 5.50. The molecule has 2 fully saturated rings. The number of carbonyl (C=O) groups is 3. The fourth-order valence-corrected chi connectivity index (χ4v) is 5.50. The number of likely N-dealkylation sites (tertiary alicyclic amines) is 2. The Morgan fingerprint density at radius 1 is 0.946 bits per heavy atom. The Morgan fingerprint density at radius 3 is 2.05 bits per heavy atom. The number of aliphatic hydroxyl groups excluding tert-OH is 1. The molecule has 9 heteroatoms. The SMILES string of the molecule is COC(=O)C(F)(F)C(O)C1CCCN1C(=O)[C@H]1CCCN1C(=O)CC(c1ccccc1)c1ccccc1. The lowest BCUT2D eigenvalue weighted by Crippen LogP contribution is -2.57. The quantitative estimate of drug-likeness (QED) is 0.546. The topological polar surface area (TPSA) is 87.2 Å². The number of aliphatic hydroxyl groups is 1. The number of carbonyl (C=O) groups excluding carboxylic acids is 3. The smallest absolute Gasteiger partial charge is 0.379 e. The summed E-state index contributed by atoms with van der Waals surface area (Å²) in [5.41, 5.74) is 1.97. The largest absolute Gasteiger partial charge is 0.465 e. The number of hydrogen-bond donors (Lipinski definition) is 1. The Hall–Kier alpha value is -3.33. The summed E-state index contributed by atoms with van der Waals surface area (Å²) in [6.45, 7) is 0.567. The Labute approximate surface area is 215 Å². The molecule has 0 aliphatic carbocycles. The maximum atomic E-state index is 14.4. The lowest BCUT2D eigenvalue weighted by atomic mass is 9.88. The van der Waals surface area contributed by atoms with Gasteiger partial charge in [0.05, 0.1) is 13.2 Å². The summed E-state index contributed by atoms with van der Waals surface area (Å²) in [7, 11) is 0.820. The molecule has 2 aromatic carbocycles. The number of esters is 1. The molecule has 2 aromatic rings. The van der Waals surface area contributed by atoms with Gasteiger partial charge in [-0.1, -0.05) is 60.7 Å². The van der Waals surface area contributed by atoms with Crippen LogP contribution in [0.2, 0.25) is 0 Å². The van der Waals surface area contributed by atoms with Crippen LogP contribution < -0.4 is 0 Å². The zero-order valence-corrected chi connectivity index (χ0v) is 20.8. The van der Waals surface area contributed by atoms with E-state index in [0.29, 0.717) is 25.8 Å². The number of alkyl halides is 2. The van der Waals surface area contributed by atoms with Crippen LogP contribution in [0.5, 0.6) is 0 Å². The van der Waals surface area contributed by atoms with Gasteiger partial charge in [-0.3, -0.25) is 9.59 Å². The first-order chi connectivity index (χ1) is 17.8. The number of rotatable bonds is 8. The Balaban J connectivity index is 1.52. The highest BCUT2D eigenvalue weighted by Crippen LogP contribution is 2.34. The molecular weight excluding hydrogens is 482 g/mol. The van der Waals surface area contributed by atoms with E-state index < -0.39 is 36.0 Å². The molecule has 1 N–H and O–H groups in total. The van der Waals surface area contributed by atoms with Crippen LogP contribution in [0.1, 0.15) is 49.1 Å². The molecule has 2 heterocycles. The van der Waals surface area contributed by atoms with Crippen molar-refractivity contribution in [2.24, 2.45) is 0 Å². The van der Waals surface area contributed by atoms with E-state index in [2.05, 4.69) is 4.74 Å². The van der Waals surface area contributed by atoms with Crippen molar-refractivity contribution in [1.82, 2.24) is 9.80 Å². The van der Waals surface area contributed by atoms with E-state index in [1.54, 1.807) is 4.90 Å². The van der Waals surface area contributed by atoms with E-state index in [1.165, 1.54) is 4.90 Å². The van der Waals surface area contributed by atoms with Crippen molar-refractivity contribution >= 4 is 17.8 Å². The summed E-state index contributed by atoms with van der Waals surface area (Å²) >= 11 is 0. The van der Waals surface area contributed by atoms with E-state index >= 15 is 0 Å². The Morgan fingerprint density at radius 2 is 1.49 bits per heavy atom. The maximum Gasteiger partial charge on any atom is 0.379 e. The molecule has 3 atom stereocenters. The zero-order valence-electron chi connectivity index (χ0n) is 20.8. The van der Waals surface area contributed by atoms with Gasteiger partial charge in [0.2, 0.25) is 11.8 Å². The molecule has 2 saturated heterocycles. The van der Waals surface area contributed by atoms with Gasteiger partial charge in [0, 0.05) is 25.4 Å².